The number of phenols is 2. The third-order valence-corrected chi connectivity index (χ3v) is 4.53. The Hall–Kier alpha value is -4.01. The number of aromatic hydroxyl groups is 2. The maximum atomic E-state index is 12.7. The Kier molecular flexibility index (Phi) is 4.32. The molecule has 142 valence electrons. The van der Waals surface area contributed by atoms with Gasteiger partial charge >= 0.3 is 5.69 Å². The van der Waals surface area contributed by atoms with Gasteiger partial charge < -0.3 is 15.2 Å². The van der Waals surface area contributed by atoms with E-state index >= 15 is 0 Å². The molecule has 2 aromatic carbocycles. The standard InChI is InChI=1S/C19H18N6O3/c1-2-11-7-13(18(27)8-17(11)26)16-10-20-19(28)25(16)15-6-4-3-5-12(15)14-9-21-23-24-22-14/h3-10,23-24,26-27H,2H2,1H3,(H,20,28). The Labute approximate surface area is 159 Å². The fraction of sp³-hybridized carbons (Fsp3) is 0.105. The molecule has 1 aliphatic heterocycles. The van der Waals surface area contributed by atoms with Gasteiger partial charge in [-0.15, -0.1) is 0 Å². The minimum atomic E-state index is -0.368. The number of benzene rings is 2. The molecule has 1 aromatic heterocycles. The molecule has 9 heteroatoms. The molecule has 0 radical (unpaired) electrons. The van der Waals surface area contributed by atoms with Gasteiger partial charge in [0, 0.05) is 23.4 Å². The van der Waals surface area contributed by atoms with E-state index in [9.17, 15) is 15.0 Å². The first-order chi connectivity index (χ1) is 13.6. The number of aromatic nitrogens is 2. The summed E-state index contributed by atoms with van der Waals surface area (Å²) in [4.78, 5) is 15.3. The lowest BCUT2D eigenvalue weighted by Gasteiger charge is -2.15. The molecule has 3 aromatic rings. The lowest BCUT2D eigenvalue weighted by molar-refractivity contribution is 0.447. The van der Waals surface area contributed by atoms with Crippen LogP contribution in [0.5, 0.6) is 11.5 Å². The number of phenolic OH excluding ortho intramolecular Hbond substituents is 2. The Balaban J connectivity index is 1.94. The van der Waals surface area contributed by atoms with Crippen LogP contribution in [0, 0.1) is 0 Å². The molecule has 5 N–H and O–H groups in total. The van der Waals surface area contributed by atoms with Crippen LogP contribution in [0.25, 0.3) is 16.9 Å². The number of nitrogens with one attached hydrogen (secondary N) is 3. The number of hydrazine groups is 1. The van der Waals surface area contributed by atoms with Crippen LogP contribution in [0.4, 0.5) is 0 Å². The van der Waals surface area contributed by atoms with E-state index < -0.39 is 0 Å². The van der Waals surface area contributed by atoms with Gasteiger partial charge in [0.2, 0.25) is 0 Å². The summed E-state index contributed by atoms with van der Waals surface area (Å²) in [5.41, 5.74) is 8.07. The van der Waals surface area contributed by atoms with Crippen molar-refractivity contribution < 1.29 is 10.2 Å². The number of H-pyrrole nitrogens is 1. The van der Waals surface area contributed by atoms with Crippen LogP contribution < -0.4 is 16.8 Å². The Morgan fingerprint density at radius 2 is 1.89 bits per heavy atom. The number of nitrogens with zero attached hydrogens (tertiary/aromatic N) is 3. The van der Waals surface area contributed by atoms with Crippen molar-refractivity contribution in [2.24, 2.45) is 10.2 Å². The highest BCUT2D eigenvalue weighted by Gasteiger charge is 2.19. The van der Waals surface area contributed by atoms with Crippen LogP contribution in [-0.2, 0) is 6.42 Å². The largest absolute Gasteiger partial charge is 0.508 e. The van der Waals surface area contributed by atoms with Crippen molar-refractivity contribution in [1.82, 2.24) is 20.6 Å². The summed E-state index contributed by atoms with van der Waals surface area (Å²) in [5, 5.41) is 28.5. The third-order valence-electron chi connectivity index (χ3n) is 4.53. The topological polar surface area (TPSA) is 127 Å². The molecule has 0 atom stereocenters. The predicted octanol–water partition coefficient (Wildman–Crippen LogP) is 1.60. The van der Waals surface area contributed by atoms with Crippen molar-refractivity contribution in [2.75, 3.05) is 0 Å². The molecule has 0 unspecified atom stereocenters. The van der Waals surface area contributed by atoms with Gasteiger partial charge in [0.15, 0.2) is 0 Å². The normalized spacial score (nSPS) is 13.0. The Bertz CT molecular complexity index is 1160. The predicted molar refractivity (Wildman–Crippen MR) is 106 cm³/mol. The van der Waals surface area contributed by atoms with Gasteiger partial charge in [0.1, 0.15) is 17.2 Å². The van der Waals surface area contributed by atoms with Gasteiger partial charge in [0.25, 0.3) is 0 Å². The van der Waals surface area contributed by atoms with Crippen molar-refractivity contribution in [3.8, 4) is 28.4 Å². The second kappa shape index (κ2) is 6.95. The molecule has 9 nitrogen and oxygen atoms in total. The number of hydrazone groups is 2. The zero-order valence-electron chi connectivity index (χ0n) is 15.0. The summed E-state index contributed by atoms with van der Waals surface area (Å²) in [7, 11) is 0. The second-order valence-corrected chi connectivity index (χ2v) is 6.16. The van der Waals surface area contributed by atoms with Crippen LogP contribution >= 0.6 is 0 Å². The smallest absolute Gasteiger partial charge is 0.330 e. The molecule has 0 aliphatic carbocycles. The average Bonchev–Trinajstić information content (AvgIpc) is 3.10. The number of para-hydroxylation sites is 1. The van der Waals surface area contributed by atoms with Gasteiger partial charge in [-0.2, -0.15) is 10.2 Å². The molecule has 2 heterocycles. The van der Waals surface area contributed by atoms with Crippen LogP contribution in [0.15, 0.2) is 57.6 Å². The van der Waals surface area contributed by atoms with Gasteiger partial charge in [-0.05, 0) is 24.1 Å². The van der Waals surface area contributed by atoms with E-state index in [0.717, 1.165) is 0 Å². The molecule has 0 amide bonds. The zero-order valence-corrected chi connectivity index (χ0v) is 15.0. The minimum Gasteiger partial charge on any atom is -0.508 e. The number of imidazole rings is 1. The summed E-state index contributed by atoms with van der Waals surface area (Å²) in [6, 6.07) is 10.2. The van der Waals surface area contributed by atoms with E-state index in [2.05, 4.69) is 26.3 Å². The molecule has 0 saturated heterocycles. The second-order valence-electron chi connectivity index (χ2n) is 6.16. The number of aromatic amines is 1. The number of rotatable bonds is 4. The van der Waals surface area contributed by atoms with Crippen molar-refractivity contribution in [2.45, 2.75) is 13.3 Å². The van der Waals surface area contributed by atoms with Crippen LogP contribution in [-0.4, -0.2) is 31.7 Å². The molecule has 0 bridgehead atoms. The fourth-order valence-corrected chi connectivity index (χ4v) is 3.17. The Morgan fingerprint density at radius 1 is 1.07 bits per heavy atom. The maximum Gasteiger partial charge on any atom is 0.330 e. The maximum absolute atomic E-state index is 12.7. The highest BCUT2D eigenvalue weighted by atomic mass is 16.3. The van der Waals surface area contributed by atoms with E-state index in [0.29, 0.717) is 40.2 Å². The monoisotopic (exact) mass is 378 g/mol. The molecule has 0 fully saturated rings. The van der Waals surface area contributed by atoms with Crippen molar-refractivity contribution in [3.63, 3.8) is 0 Å². The first kappa shape index (κ1) is 17.4. The minimum absolute atomic E-state index is 0.0138. The van der Waals surface area contributed by atoms with Crippen molar-refractivity contribution in [3.05, 3.63) is 64.2 Å². The SMILES string of the molecule is CCc1cc(-c2c[nH]c(=O)n2-c2ccccc2C2=NNNN=C2)c(O)cc1O. The molecular weight excluding hydrogens is 360 g/mol. The summed E-state index contributed by atoms with van der Waals surface area (Å²) in [6.07, 6.45) is 3.65. The first-order valence-corrected chi connectivity index (χ1v) is 8.66. The van der Waals surface area contributed by atoms with Crippen molar-refractivity contribution in [1.29, 1.82) is 0 Å². The molecule has 1 aliphatic rings. The average molecular weight is 378 g/mol. The van der Waals surface area contributed by atoms with Gasteiger partial charge in [-0.1, -0.05) is 25.1 Å². The van der Waals surface area contributed by atoms with E-state index in [4.69, 9.17) is 0 Å². The van der Waals surface area contributed by atoms with Crippen LogP contribution in [0.2, 0.25) is 0 Å². The Morgan fingerprint density at radius 3 is 2.64 bits per heavy atom. The number of hydrogen-bond acceptors (Lipinski definition) is 7. The van der Waals surface area contributed by atoms with E-state index in [-0.39, 0.29) is 17.2 Å². The molecule has 0 saturated carbocycles. The lowest BCUT2D eigenvalue weighted by atomic mass is 10.0. The van der Waals surface area contributed by atoms with Crippen LogP contribution in [0.3, 0.4) is 0 Å². The van der Waals surface area contributed by atoms with E-state index in [1.54, 1.807) is 18.3 Å². The summed E-state index contributed by atoms with van der Waals surface area (Å²) >= 11 is 0. The van der Waals surface area contributed by atoms with Crippen molar-refractivity contribution >= 4 is 11.9 Å². The molecular formula is C19H18N6O3. The number of hydrogen-bond donors (Lipinski definition) is 5. The van der Waals surface area contributed by atoms with Crippen LogP contribution in [0.1, 0.15) is 18.1 Å². The van der Waals surface area contributed by atoms with Gasteiger partial charge in [-0.3, -0.25) is 4.57 Å². The molecule has 0 spiro atoms. The summed E-state index contributed by atoms with van der Waals surface area (Å²) in [6.45, 7) is 1.90. The van der Waals surface area contributed by atoms with Gasteiger partial charge in [-0.25, -0.2) is 15.9 Å². The highest BCUT2D eigenvalue weighted by Crippen LogP contribution is 2.35. The van der Waals surface area contributed by atoms with E-state index in [1.165, 1.54) is 16.8 Å². The fourth-order valence-electron chi connectivity index (χ4n) is 3.17. The quantitative estimate of drug-likeness (QED) is 0.471. The molecule has 4 rings (SSSR count). The van der Waals surface area contributed by atoms with E-state index in [1.807, 2.05) is 25.1 Å². The lowest BCUT2D eigenvalue weighted by Crippen LogP contribution is -2.29. The highest BCUT2D eigenvalue weighted by molar-refractivity contribution is 6.39. The molecule has 28 heavy (non-hydrogen) atoms. The zero-order chi connectivity index (χ0) is 19.7. The first-order valence-electron chi connectivity index (χ1n) is 8.66. The third kappa shape index (κ3) is 2.88. The summed E-state index contributed by atoms with van der Waals surface area (Å²) in [5.74, 6) is -0.109. The van der Waals surface area contributed by atoms with Gasteiger partial charge in [0.05, 0.1) is 17.6 Å². The summed E-state index contributed by atoms with van der Waals surface area (Å²) < 4.78 is 1.46. The number of aryl methyl sites for hydroxylation is 1.